The van der Waals surface area contributed by atoms with Gasteiger partial charge in [-0.05, 0) is 0 Å². The molecule has 3 heteroatoms. The van der Waals surface area contributed by atoms with Crippen molar-refractivity contribution in [2.75, 3.05) is 12.3 Å². The van der Waals surface area contributed by atoms with Crippen LogP contribution in [-0.4, -0.2) is 27.7 Å². The Morgan fingerprint density at radius 3 is 1.67 bits per heavy atom. The van der Waals surface area contributed by atoms with Crippen molar-refractivity contribution in [2.45, 2.75) is 24.4 Å². The molecule has 0 aromatic heterocycles. The molecule has 0 spiro atoms. The van der Waals surface area contributed by atoms with Crippen LogP contribution in [0.25, 0.3) is 5.73 Å². The predicted octanol–water partition coefficient (Wildman–Crippen LogP) is 2.15. The maximum Gasteiger partial charge on any atom is -0.174 e. The number of nitrogens with one attached hydrogen (secondary N) is 1. The molecule has 0 saturated heterocycles. The average molecular weight is 206 g/mol. The number of hydrogen-bond acceptors (Lipinski definition) is 1. The average Bonchev–Trinajstić information content (AvgIpc) is 1.91. The van der Waals surface area contributed by atoms with E-state index in [-0.39, 0.29) is 0 Å². The van der Waals surface area contributed by atoms with Gasteiger partial charge >= 0.3 is 39.8 Å². The van der Waals surface area contributed by atoms with Gasteiger partial charge in [-0.15, -0.1) is 0 Å². The fourth-order valence-corrected chi connectivity index (χ4v) is 1.30. The van der Waals surface area contributed by atoms with Gasteiger partial charge in [0.2, 0.25) is 0 Å². The first-order chi connectivity index (χ1) is 4.33. The van der Waals surface area contributed by atoms with E-state index in [1.807, 2.05) is 0 Å². The molecule has 0 bridgehead atoms. The van der Waals surface area contributed by atoms with Crippen LogP contribution >= 0.6 is 0 Å². The maximum absolute atomic E-state index is 6.35. The maximum atomic E-state index is 6.35. The SMILES string of the molecule is C[CH2][Ge][CH2]C.[NH-]CC[S-]. The Hall–Kier alpha value is 0.853. The zero-order valence-electron chi connectivity index (χ0n) is 6.24. The van der Waals surface area contributed by atoms with E-state index in [0.29, 0.717) is 27.7 Å². The van der Waals surface area contributed by atoms with Crippen molar-refractivity contribution in [1.29, 1.82) is 0 Å². The summed E-state index contributed by atoms with van der Waals surface area (Å²) in [6.45, 7) is 4.92. The van der Waals surface area contributed by atoms with Crippen molar-refractivity contribution in [3.05, 3.63) is 5.73 Å². The molecule has 0 aromatic carbocycles. The molecular formula is C6H15GeNS-2. The van der Waals surface area contributed by atoms with Gasteiger partial charge in [0.05, 0.1) is 0 Å². The van der Waals surface area contributed by atoms with Crippen molar-refractivity contribution in [3.8, 4) is 0 Å². The van der Waals surface area contributed by atoms with Gasteiger partial charge in [-0.3, -0.25) is 0 Å². The van der Waals surface area contributed by atoms with Crippen LogP contribution in [0.5, 0.6) is 0 Å². The van der Waals surface area contributed by atoms with Crippen molar-refractivity contribution in [1.82, 2.24) is 0 Å². The van der Waals surface area contributed by atoms with Gasteiger partial charge < -0.3 is 18.4 Å². The molecule has 9 heavy (non-hydrogen) atoms. The summed E-state index contributed by atoms with van der Waals surface area (Å²) in [4.78, 5) is 0. The summed E-state index contributed by atoms with van der Waals surface area (Å²) < 4.78 is 0. The Morgan fingerprint density at radius 2 is 1.67 bits per heavy atom. The van der Waals surface area contributed by atoms with Gasteiger partial charge in [0.1, 0.15) is 0 Å². The van der Waals surface area contributed by atoms with Crippen molar-refractivity contribution in [3.63, 3.8) is 0 Å². The van der Waals surface area contributed by atoms with Gasteiger partial charge in [-0.1, -0.05) is 0 Å². The molecule has 0 unspecified atom stereocenters. The standard InChI is InChI=1S/C4H10Ge.C2H6NS/c1-3-5-4-2;3-1-2-4/h3-4H2,1-2H3;3-4H,1-2H2/q;-1/p-1. The molecule has 2 radical (unpaired) electrons. The van der Waals surface area contributed by atoms with Crippen molar-refractivity contribution >= 4 is 28.1 Å². The van der Waals surface area contributed by atoms with Crippen molar-refractivity contribution < 1.29 is 0 Å². The fraction of sp³-hybridized carbons (Fsp3) is 1.00. The van der Waals surface area contributed by atoms with Crippen LogP contribution in [0.3, 0.4) is 0 Å². The van der Waals surface area contributed by atoms with E-state index >= 15 is 0 Å². The third-order valence-corrected chi connectivity index (χ3v) is 2.90. The Kier molecular flexibility index (Phi) is 22.2. The molecule has 56 valence electrons. The van der Waals surface area contributed by atoms with E-state index < -0.39 is 0 Å². The second-order valence-corrected chi connectivity index (χ2v) is 5.84. The van der Waals surface area contributed by atoms with E-state index in [1.54, 1.807) is 0 Å². The summed E-state index contributed by atoms with van der Waals surface area (Å²) in [5.41, 5.74) is 6.35. The first-order valence-corrected chi connectivity index (χ1v) is 6.81. The van der Waals surface area contributed by atoms with Crippen LogP contribution < -0.4 is 0 Å². The molecule has 0 aliphatic rings. The van der Waals surface area contributed by atoms with Gasteiger partial charge in [0.15, 0.2) is 0 Å². The van der Waals surface area contributed by atoms with E-state index in [9.17, 15) is 0 Å². The number of hydrogen-bond donors (Lipinski definition) is 0. The summed E-state index contributed by atoms with van der Waals surface area (Å²) in [6.07, 6.45) is 0. The third kappa shape index (κ3) is 28.0. The zero-order chi connectivity index (χ0) is 7.54. The Morgan fingerprint density at radius 1 is 1.33 bits per heavy atom. The minimum atomic E-state index is 0.384. The molecule has 0 amide bonds. The Balaban J connectivity index is 0. The molecule has 0 heterocycles. The smallest absolute Gasteiger partial charge is 0.174 e. The largest absolute Gasteiger partial charge is 0.794 e. The minimum Gasteiger partial charge on any atom is -0.794 e. The minimum absolute atomic E-state index is 0.384. The molecule has 0 fully saturated rings. The van der Waals surface area contributed by atoms with Gasteiger partial charge in [-0.25, -0.2) is 0 Å². The second-order valence-electron chi connectivity index (χ2n) is 1.41. The Labute approximate surface area is 70.7 Å². The molecule has 0 saturated carbocycles. The van der Waals surface area contributed by atoms with Crippen LogP contribution in [0.1, 0.15) is 13.8 Å². The van der Waals surface area contributed by atoms with Crippen LogP contribution in [0.4, 0.5) is 0 Å². The summed E-state index contributed by atoms with van der Waals surface area (Å²) in [5, 5.41) is 2.94. The normalized spacial score (nSPS) is 8.00. The van der Waals surface area contributed by atoms with Gasteiger partial charge in [0, 0.05) is 0 Å². The van der Waals surface area contributed by atoms with Crippen molar-refractivity contribution in [2.24, 2.45) is 0 Å². The van der Waals surface area contributed by atoms with Crippen LogP contribution in [0.2, 0.25) is 10.5 Å². The van der Waals surface area contributed by atoms with E-state index in [2.05, 4.69) is 26.5 Å². The van der Waals surface area contributed by atoms with Gasteiger partial charge in [0.25, 0.3) is 0 Å². The predicted molar refractivity (Wildman–Crippen MR) is 48.1 cm³/mol. The van der Waals surface area contributed by atoms with Crippen LogP contribution in [0, 0.1) is 0 Å². The molecule has 0 aliphatic heterocycles. The first-order valence-electron chi connectivity index (χ1n) is 3.26. The number of rotatable bonds is 3. The quantitative estimate of drug-likeness (QED) is 0.512. The summed E-state index contributed by atoms with van der Waals surface area (Å²) in [5.74, 6) is 0.569. The molecule has 0 atom stereocenters. The summed E-state index contributed by atoms with van der Waals surface area (Å²) in [7, 11) is 0. The molecule has 1 N–H and O–H groups in total. The molecular weight excluding hydrogens is 191 g/mol. The monoisotopic (exact) mass is 207 g/mol. The zero-order valence-corrected chi connectivity index (χ0v) is 9.15. The molecule has 1 nitrogen and oxygen atoms in total. The first kappa shape index (κ1) is 12.5. The summed E-state index contributed by atoms with van der Waals surface area (Å²) in [6, 6.07) is 0. The molecule has 0 rings (SSSR count). The molecule has 0 aliphatic carbocycles. The van der Waals surface area contributed by atoms with E-state index in [1.165, 1.54) is 10.5 Å². The summed E-state index contributed by atoms with van der Waals surface area (Å²) >= 11 is 4.89. The van der Waals surface area contributed by atoms with Crippen LogP contribution in [-0.2, 0) is 12.6 Å². The van der Waals surface area contributed by atoms with E-state index in [4.69, 9.17) is 5.73 Å². The fourth-order valence-electron chi connectivity index (χ4n) is 0.250. The van der Waals surface area contributed by atoms with E-state index in [0.717, 1.165) is 0 Å². The Bertz CT molecular complexity index is 32.2. The third-order valence-electron chi connectivity index (χ3n) is 0.602. The molecule has 0 aromatic rings. The topological polar surface area (TPSA) is 23.8 Å². The second kappa shape index (κ2) is 15.9. The van der Waals surface area contributed by atoms with Gasteiger partial charge in [-0.2, -0.15) is 12.3 Å². The van der Waals surface area contributed by atoms with Crippen LogP contribution in [0.15, 0.2) is 0 Å².